The van der Waals surface area contributed by atoms with Gasteiger partial charge in [-0.25, -0.2) is 0 Å². The van der Waals surface area contributed by atoms with Gasteiger partial charge in [-0.2, -0.15) is 0 Å². The Morgan fingerprint density at radius 3 is 1.85 bits per heavy atom. The minimum Gasteiger partial charge on any atom is -0.256 e. The van der Waals surface area contributed by atoms with E-state index in [1.807, 2.05) is 12.3 Å². The second-order valence-corrected chi connectivity index (χ2v) is 9.50. The molecule has 7 aromatic rings. The minimum atomic E-state index is 1.10. The van der Waals surface area contributed by atoms with Crippen LogP contribution in [0.2, 0.25) is 0 Å². The summed E-state index contributed by atoms with van der Waals surface area (Å²) in [5.41, 5.74) is 10.2. The predicted octanol–water partition coefficient (Wildman–Crippen LogP) is 8.99. The van der Waals surface area contributed by atoms with Gasteiger partial charge in [-0.3, -0.25) is 4.98 Å². The van der Waals surface area contributed by atoms with E-state index in [0.717, 1.165) is 5.69 Å². The van der Waals surface area contributed by atoms with Crippen molar-refractivity contribution in [2.24, 2.45) is 0 Å². The Bertz CT molecular complexity index is 2030. The second-order valence-electron chi connectivity index (χ2n) is 9.50. The molecule has 154 valence electrons. The molecule has 0 saturated carbocycles. The van der Waals surface area contributed by atoms with E-state index in [0.29, 0.717) is 0 Å². The molecule has 0 saturated heterocycles. The number of hydrogen-bond acceptors (Lipinski definition) is 1. The van der Waals surface area contributed by atoms with Gasteiger partial charge in [-0.1, -0.05) is 91.0 Å². The Labute approximate surface area is 195 Å². The van der Waals surface area contributed by atoms with E-state index in [9.17, 15) is 0 Å². The third-order valence-corrected chi connectivity index (χ3v) is 7.98. The van der Waals surface area contributed by atoms with Gasteiger partial charge in [0.2, 0.25) is 0 Å². The molecule has 2 aliphatic carbocycles. The van der Waals surface area contributed by atoms with Crippen LogP contribution in [-0.4, -0.2) is 4.98 Å². The number of hydrogen-bond donors (Lipinski definition) is 0. The molecule has 9 rings (SSSR count). The monoisotopic (exact) mass is 427 g/mol. The van der Waals surface area contributed by atoms with Crippen molar-refractivity contribution in [3.8, 4) is 44.6 Å². The lowest BCUT2D eigenvalue weighted by atomic mass is 9.89. The van der Waals surface area contributed by atoms with Crippen LogP contribution in [0.3, 0.4) is 0 Å². The largest absolute Gasteiger partial charge is 0.256 e. The lowest BCUT2D eigenvalue weighted by molar-refractivity contribution is 1.35. The fourth-order valence-corrected chi connectivity index (χ4v) is 6.62. The maximum absolute atomic E-state index is 4.72. The van der Waals surface area contributed by atoms with E-state index in [1.54, 1.807) is 0 Å². The number of benzene rings is 6. The van der Waals surface area contributed by atoms with Crippen LogP contribution in [0, 0.1) is 0 Å². The van der Waals surface area contributed by atoms with Crippen LogP contribution in [0.15, 0.2) is 103 Å². The first-order chi connectivity index (χ1) is 16.9. The van der Waals surface area contributed by atoms with Crippen molar-refractivity contribution in [2.75, 3.05) is 0 Å². The summed E-state index contributed by atoms with van der Waals surface area (Å²) in [6, 6.07) is 36.0. The lowest BCUT2D eigenvalue weighted by Gasteiger charge is -2.13. The summed E-state index contributed by atoms with van der Waals surface area (Å²) in [5.74, 6) is 0. The number of aromatic nitrogens is 1. The Balaban J connectivity index is 1.43. The van der Waals surface area contributed by atoms with Crippen LogP contribution in [0.4, 0.5) is 0 Å². The molecule has 1 aromatic heterocycles. The van der Waals surface area contributed by atoms with E-state index < -0.39 is 0 Å². The molecule has 0 N–H and O–H groups in total. The first kappa shape index (κ1) is 17.0. The van der Waals surface area contributed by atoms with Crippen LogP contribution >= 0.6 is 0 Å². The summed E-state index contributed by atoms with van der Waals surface area (Å²) < 4.78 is 0. The number of pyridine rings is 1. The van der Waals surface area contributed by atoms with Gasteiger partial charge < -0.3 is 0 Å². The highest BCUT2D eigenvalue weighted by Gasteiger charge is 2.25. The molecule has 1 heteroatoms. The van der Waals surface area contributed by atoms with E-state index in [4.69, 9.17) is 4.98 Å². The molecule has 0 atom stereocenters. The number of fused-ring (bicyclic) bond motifs is 4. The zero-order valence-corrected chi connectivity index (χ0v) is 18.3. The third-order valence-electron chi connectivity index (χ3n) is 7.98. The molecule has 0 amide bonds. The molecule has 0 unspecified atom stereocenters. The van der Waals surface area contributed by atoms with Crippen LogP contribution in [0.25, 0.3) is 87.7 Å². The van der Waals surface area contributed by atoms with E-state index >= 15 is 0 Å². The molecular formula is C33H17N. The smallest absolute Gasteiger partial charge is 0.0786 e. The van der Waals surface area contributed by atoms with Crippen molar-refractivity contribution in [1.82, 2.24) is 4.98 Å². The summed E-state index contributed by atoms with van der Waals surface area (Å²) in [5, 5.41) is 10.8. The first-order valence-electron chi connectivity index (χ1n) is 11.8. The maximum Gasteiger partial charge on any atom is 0.0786 e. The average molecular weight is 428 g/mol. The molecule has 6 aromatic carbocycles. The molecule has 0 spiro atoms. The highest BCUT2D eigenvalue weighted by atomic mass is 14.7. The van der Waals surface area contributed by atoms with Gasteiger partial charge in [0.05, 0.1) is 5.69 Å². The van der Waals surface area contributed by atoms with Crippen LogP contribution in [0.1, 0.15) is 0 Å². The Morgan fingerprint density at radius 1 is 0.353 bits per heavy atom. The topological polar surface area (TPSA) is 12.9 Å². The highest BCUT2D eigenvalue weighted by Crippen LogP contribution is 2.52. The molecule has 0 bridgehead atoms. The fraction of sp³-hybridized carbons (Fsp3) is 0. The molecule has 2 aliphatic rings. The molecule has 34 heavy (non-hydrogen) atoms. The average Bonchev–Trinajstić information content (AvgIpc) is 3.41. The second kappa shape index (κ2) is 5.70. The third kappa shape index (κ3) is 1.84. The maximum atomic E-state index is 4.72. The Kier molecular flexibility index (Phi) is 2.86. The van der Waals surface area contributed by atoms with Crippen LogP contribution in [0.5, 0.6) is 0 Å². The predicted molar refractivity (Wildman–Crippen MR) is 143 cm³/mol. The molecule has 0 fully saturated rings. The summed E-state index contributed by atoms with van der Waals surface area (Å²) >= 11 is 0. The van der Waals surface area contributed by atoms with Crippen molar-refractivity contribution < 1.29 is 0 Å². The van der Waals surface area contributed by atoms with Gasteiger partial charge in [0.1, 0.15) is 0 Å². The molecule has 1 heterocycles. The standard InChI is InChI=1S/C33H17N/c1-4-18-9-10-19-11-12-25-21(13-15-26-23(5-1)29(18)30(19)32(25)26)20-14-16-28-31-22(20)6-2-7-24(31)27-8-3-17-34-33(27)28/h1-17H. The summed E-state index contributed by atoms with van der Waals surface area (Å²) in [4.78, 5) is 4.72. The Morgan fingerprint density at radius 2 is 0.971 bits per heavy atom. The number of nitrogens with zero attached hydrogens (tertiary/aromatic N) is 1. The van der Waals surface area contributed by atoms with Gasteiger partial charge in [-0.05, 0) is 77.0 Å². The molecule has 0 radical (unpaired) electrons. The minimum absolute atomic E-state index is 1.10. The van der Waals surface area contributed by atoms with E-state index in [1.165, 1.54) is 82.0 Å². The quantitative estimate of drug-likeness (QED) is 0.238. The van der Waals surface area contributed by atoms with Crippen molar-refractivity contribution in [1.29, 1.82) is 0 Å². The fourth-order valence-electron chi connectivity index (χ4n) is 6.62. The van der Waals surface area contributed by atoms with E-state index in [2.05, 4.69) is 91.0 Å². The molecule has 0 aliphatic heterocycles. The highest BCUT2D eigenvalue weighted by molar-refractivity contribution is 6.34. The van der Waals surface area contributed by atoms with Crippen molar-refractivity contribution in [2.45, 2.75) is 0 Å². The lowest BCUT2D eigenvalue weighted by Crippen LogP contribution is -1.87. The van der Waals surface area contributed by atoms with Crippen molar-refractivity contribution in [3.63, 3.8) is 0 Å². The van der Waals surface area contributed by atoms with Gasteiger partial charge in [0.25, 0.3) is 0 Å². The summed E-state index contributed by atoms with van der Waals surface area (Å²) in [7, 11) is 0. The van der Waals surface area contributed by atoms with Gasteiger partial charge >= 0.3 is 0 Å². The molecular weight excluding hydrogens is 410 g/mol. The first-order valence-corrected chi connectivity index (χ1v) is 11.8. The Hall–Kier alpha value is -4.49. The summed E-state index contributed by atoms with van der Waals surface area (Å²) in [6.45, 7) is 0. The number of rotatable bonds is 1. The zero-order valence-electron chi connectivity index (χ0n) is 18.3. The zero-order chi connectivity index (χ0) is 22.0. The molecule has 1 nitrogen and oxygen atoms in total. The van der Waals surface area contributed by atoms with Gasteiger partial charge in [0, 0.05) is 17.3 Å². The SMILES string of the molecule is c1cnc2c(c1)-c1cccc3c(-c4ccc5c6c4ccc4ccc7cccc-5c7c46)ccc-2c13. The van der Waals surface area contributed by atoms with Crippen molar-refractivity contribution >= 4 is 43.1 Å². The van der Waals surface area contributed by atoms with E-state index in [-0.39, 0.29) is 0 Å². The van der Waals surface area contributed by atoms with Gasteiger partial charge in [-0.15, -0.1) is 0 Å². The normalized spacial score (nSPS) is 12.7. The summed E-state index contributed by atoms with van der Waals surface area (Å²) in [6.07, 6.45) is 1.90. The van der Waals surface area contributed by atoms with Gasteiger partial charge in [0.15, 0.2) is 0 Å². The van der Waals surface area contributed by atoms with Crippen LogP contribution in [-0.2, 0) is 0 Å². The van der Waals surface area contributed by atoms with Crippen molar-refractivity contribution in [3.05, 3.63) is 103 Å². The van der Waals surface area contributed by atoms with Crippen LogP contribution < -0.4 is 0 Å².